The molecular formula is C65H80N4OPt. The molecule has 6 heteroatoms. The first-order chi connectivity index (χ1) is 32.5. The van der Waals surface area contributed by atoms with Gasteiger partial charge in [-0.05, 0) is 136 Å². The molecule has 0 unspecified atom stereocenters. The number of amidine groups is 1. The third-order valence-corrected chi connectivity index (χ3v) is 14.8. The van der Waals surface area contributed by atoms with Crippen LogP contribution in [0, 0.1) is 57.6 Å². The first-order valence-corrected chi connectivity index (χ1v) is 25.8. The zero-order chi connectivity index (χ0) is 51.2. The molecule has 1 aliphatic heterocycles. The summed E-state index contributed by atoms with van der Waals surface area (Å²) in [6.45, 7) is 46.6. The predicted octanol–water partition coefficient (Wildman–Crippen LogP) is 17.2. The fourth-order valence-corrected chi connectivity index (χ4v) is 11.0. The van der Waals surface area contributed by atoms with Gasteiger partial charge in [0.15, 0.2) is 0 Å². The molecular weight excluding hydrogens is 1050 g/mol. The second-order valence-electron chi connectivity index (χ2n) is 25.5. The summed E-state index contributed by atoms with van der Waals surface area (Å²) in [5, 5.41) is 2.36. The molecule has 1 atom stereocenters. The molecule has 71 heavy (non-hydrogen) atoms. The van der Waals surface area contributed by atoms with E-state index >= 15 is 0 Å². The predicted molar refractivity (Wildman–Crippen MR) is 299 cm³/mol. The first kappa shape index (κ1) is 53.8. The SMILES string of the molecule is Cc1cc(C)c(-c2cc(Oc3[c-]c(-n4c5ccc(C(C)(C)C)cc5c5c(C)ccnc54)cc(C(C)(C)C)c3)[c-]c(C3=N[C@H](C(C(C)C)C(C)C)CN3c3cc(C(C)(C)C)cc(C(C)(C)C)c3)c2)c(C)c1.[Pt+2]. The molecule has 5 nitrogen and oxygen atoms in total. The molecule has 7 aromatic rings. The number of hydrogen-bond acceptors (Lipinski definition) is 4. The number of ether oxygens (including phenoxy) is 1. The largest absolute Gasteiger partial charge is 2.00 e. The van der Waals surface area contributed by atoms with Crippen molar-refractivity contribution in [1.82, 2.24) is 9.55 Å². The summed E-state index contributed by atoms with van der Waals surface area (Å²) >= 11 is 0. The number of aromatic nitrogens is 2. The van der Waals surface area contributed by atoms with Crippen LogP contribution in [0.4, 0.5) is 5.69 Å². The van der Waals surface area contributed by atoms with Gasteiger partial charge in [0.2, 0.25) is 0 Å². The molecule has 8 rings (SSSR count). The first-order valence-electron chi connectivity index (χ1n) is 25.8. The molecule has 0 spiro atoms. The van der Waals surface area contributed by atoms with Crippen LogP contribution >= 0.6 is 0 Å². The van der Waals surface area contributed by atoms with Crippen LogP contribution in [0.3, 0.4) is 0 Å². The van der Waals surface area contributed by atoms with Gasteiger partial charge in [0.25, 0.3) is 0 Å². The van der Waals surface area contributed by atoms with E-state index in [1.165, 1.54) is 55.6 Å². The van der Waals surface area contributed by atoms with E-state index in [1.807, 2.05) is 6.20 Å². The minimum absolute atomic E-state index is 0. The molecule has 0 amide bonds. The zero-order valence-electron chi connectivity index (χ0n) is 46.6. The molecule has 2 aromatic heterocycles. The van der Waals surface area contributed by atoms with Gasteiger partial charge in [0.05, 0.1) is 17.4 Å². The Balaban J connectivity index is 0.00000741. The van der Waals surface area contributed by atoms with Crippen LogP contribution < -0.4 is 9.64 Å². The molecule has 0 saturated heterocycles. The van der Waals surface area contributed by atoms with E-state index in [-0.39, 0.29) is 48.8 Å². The second-order valence-corrected chi connectivity index (χ2v) is 25.5. The summed E-state index contributed by atoms with van der Waals surface area (Å²) < 4.78 is 9.51. The van der Waals surface area contributed by atoms with Crippen LogP contribution in [0.15, 0.2) is 90.1 Å². The van der Waals surface area contributed by atoms with Crippen molar-refractivity contribution < 1.29 is 25.8 Å². The number of pyridine rings is 1. The number of nitrogens with zero attached hydrogens (tertiary/aromatic N) is 4. The number of aliphatic imine (C=N–C) groups is 1. The minimum atomic E-state index is -0.193. The Bertz CT molecular complexity index is 3090. The van der Waals surface area contributed by atoms with Gasteiger partial charge in [-0.25, -0.2) is 4.98 Å². The molecule has 0 saturated carbocycles. The molecule has 0 fully saturated rings. The van der Waals surface area contributed by atoms with Gasteiger partial charge in [0, 0.05) is 40.7 Å². The zero-order valence-corrected chi connectivity index (χ0v) is 48.9. The monoisotopic (exact) mass is 1130 g/mol. The molecule has 376 valence electrons. The summed E-state index contributed by atoms with van der Waals surface area (Å²) in [7, 11) is 0. The summed E-state index contributed by atoms with van der Waals surface area (Å²) in [4.78, 5) is 13.4. The minimum Gasteiger partial charge on any atom is -0.503 e. The summed E-state index contributed by atoms with van der Waals surface area (Å²) in [6, 6.07) is 37.5. The Labute approximate surface area is 442 Å². The Morgan fingerprint density at radius 3 is 1.73 bits per heavy atom. The maximum absolute atomic E-state index is 7.23. The molecule has 0 N–H and O–H groups in total. The van der Waals surface area contributed by atoms with Crippen LogP contribution in [0.25, 0.3) is 38.8 Å². The van der Waals surface area contributed by atoms with E-state index < -0.39 is 0 Å². The van der Waals surface area contributed by atoms with Crippen molar-refractivity contribution in [2.24, 2.45) is 22.7 Å². The Morgan fingerprint density at radius 1 is 0.606 bits per heavy atom. The molecule has 0 radical (unpaired) electrons. The second kappa shape index (κ2) is 19.5. The van der Waals surface area contributed by atoms with Crippen molar-refractivity contribution >= 4 is 33.5 Å². The third kappa shape index (κ3) is 10.9. The third-order valence-electron chi connectivity index (χ3n) is 14.8. The average molecular weight is 1130 g/mol. The summed E-state index contributed by atoms with van der Waals surface area (Å²) in [5.41, 5.74) is 17.0. The van der Waals surface area contributed by atoms with E-state index in [1.54, 1.807) is 0 Å². The van der Waals surface area contributed by atoms with Gasteiger partial charge < -0.3 is 19.2 Å². The summed E-state index contributed by atoms with van der Waals surface area (Å²) in [6.07, 6.45) is 1.92. The van der Waals surface area contributed by atoms with E-state index in [0.29, 0.717) is 29.3 Å². The number of fused-ring (bicyclic) bond motifs is 3. The van der Waals surface area contributed by atoms with Gasteiger partial charge in [0.1, 0.15) is 5.65 Å². The van der Waals surface area contributed by atoms with E-state index in [4.69, 9.17) is 14.7 Å². The smallest absolute Gasteiger partial charge is 0.503 e. The Morgan fingerprint density at radius 2 is 1.17 bits per heavy atom. The number of hydrogen-bond donors (Lipinski definition) is 0. The van der Waals surface area contributed by atoms with Crippen LogP contribution in [0.1, 0.15) is 161 Å². The van der Waals surface area contributed by atoms with Crippen molar-refractivity contribution in [3.63, 3.8) is 0 Å². The van der Waals surface area contributed by atoms with Crippen molar-refractivity contribution in [3.8, 4) is 28.3 Å². The molecule has 1 aliphatic rings. The van der Waals surface area contributed by atoms with E-state index in [0.717, 1.165) is 51.3 Å². The quantitative estimate of drug-likeness (QED) is 0.135. The Kier molecular flexibility index (Phi) is 14.7. The molecule has 5 aromatic carbocycles. The van der Waals surface area contributed by atoms with Crippen LogP contribution in [-0.2, 0) is 42.7 Å². The van der Waals surface area contributed by atoms with Crippen molar-refractivity contribution in [3.05, 3.63) is 147 Å². The van der Waals surface area contributed by atoms with Gasteiger partial charge >= 0.3 is 21.1 Å². The Hall–Kier alpha value is -4.99. The van der Waals surface area contributed by atoms with Crippen molar-refractivity contribution in [1.29, 1.82) is 0 Å². The van der Waals surface area contributed by atoms with Crippen LogP contribution in [0.2, 0.25) is 0 Å². The standard InChI is InChI=1S/C65H80N4O.Pt/c1-38(2)57(39(3)4)55-37-68(50-31-47(63(12,13)14)30-48(32-50)64(15,16)17)60(67-55)45-27-44(58-42(7)25-40(5)26-43(58)8)28-52(29-45)70-53-34-49(65(18,19)20)33-51(36-53)69-56-22-21-46(62(9,10)11)35-54(56)59-41(6)23-24-66-61(59)69;/h21-28,30-35,38-39,55,57H,37H2,1-20H3;/q-2;+2/t55-;/m0./s1. The van der Waals surface area contributed by atoms with Crippen LogP contribution in [0.5, 0.6) is 11.5 Å². The van der Waals surface area contributed by atoms with Gasteiger partial charge in [-0.3, -0.25) is 0 Å². The fraction of sp³-hybridized carbons (Fsp3) is 0.446. The maximum Gasteiger partial charge on any atom is 2.00 e. The van der Waals surface area contributed by atoms with E-state index in [9.17, 15) is 0 Å². The van der Waals surface area contributed by atoms with Crippen molar-refractivity contribution in [2.75, 3.05) is 11.4 Å². The number of benzene rings is 5. The number of aryl methyl sites for hydroxylation is 4. The molecule has 0 bridgehead atoms. The normalized spacial score (nSPS) is 14.9. The fourth-order valence-electron chi connectivity index (χ4n) is 11.0. The van der Waals surface area contributed by atoms with E-state index in [2.05, 4.69) is 239 Å². The summed E-state index contributed by atoms with van der Waals surface area (Å²) in [5.74, 6) is 3.50. The maximum atomic E-state index is 7.23. The number of rotatable bonds is 9. The number of anilines is 1. The average Bonchev–Trinajstić information content (AvgIpc) is 3.82. The van der Waals surface area contributed by atoms with Gasteiger partial charge in [-0.15, -0.1) is 35.4 Å². The van der Waals surface area contributed by atoms with Crippen molar-refractivity contribution in [2.45, 2.75) is 166 Å². The molecule has 3 heterocycles. The van der Waals surface area contributed by atoms with Crippen LogP contribution in [-0.4, -0.2) is 28.0 Å². The van der Waals surface area contributed by atoms with Gasteiger partial charge in [-0.1, -0.05) is 164 Å². The molecule has 0 aliphatic carbocycles. The topological polar surface area (TPSA) is 42.6 Å². The van der Waals surface area contributed by atoms with Gasteiger partial charge in [-0.2, -0.15) is 0 Å².